The van der Waals surface area contributed by atoms with Gasteiger partial charge in [0.05, 0.1) is 0 Å². The number of hydrogen-bond acceptors (Lipinski definition) is 6. The summed E-state index contributed by atoms with van der Waals surface area (Å²) in [6.45, 7) is 7.06. The van der Waals surface area contributed by atoms with Gasteiger partial charge in [-0.25, -0.2) is 9.59 Å². The van der Waals surface area contributed by atoms with Gasteiger partial charge in [-0.1, -0.05) is 37.4 Å². The highest BCUT2D eigenvalue weighted by Gasteiger charge is 2.06. The molecule has 0 atom stereocenters. The second-order valence-electron chi connectivity index (χ2n) is 3.73. The van der Waals surface area contributed by atoms with Crippen molar-refractivity contribution in [3.63, 3.8) is 0 Å². The van der Waals surface area contributed by atoms with E-state index in [4.69, 9.17) is 9.47 Å². The molecule has 0 N–H and O–H groups in total. The Bertz CT molecular complexity index is 491. The Hall–Kier alpha value is -2.76. The third kappa shape index (κ3) is 6.81. The molecule has 112 valence electrons. The van der Waals surface area contributed by atoms with Crippen molar-refractivity contribution in [3.8, 4) is 5.75 Å². The summed E-state index contributed by atoms with van der Waals surface area (Å²) in [6.07, 6.45) is 1.29. The zero-order valence-electron chi connectivity index (χ0n) is 11.4. The lowest BCUT2D eigenvalue weighted by Crippen LogP contribution is -2.10. The molecule has 0 spiro atoms. The van der Waals surface area contributed by atoms with Gasteiger partial charge >= 0.3 is 12.3 Å². The summed E-state index contributed by atoms with van der Waals surface area (Å²) in [6, 6.07) is 6.42. The molecule has 0 aromatic heterocycles. The van der Waals surface area contributed by atoms with Crippen LogP contribution in [0.2, 0.25) is 0 Å². The highest BCUT2D eigenvalue weighted by Crippen LogP contribution is 2.13. The van der Waals surface area contributed by atoms with E-state index in [2.05, 4.69) is 22.6 Å². The van der Waals surface area contributed by atoms with E-state index in [0.717, 1.165) is 5.56 Å². The molecule has 0 bridgehead atoms. The van der Waals surface area contributed by atoms with Crippen molar-refractivity contribution >= 4 is 12.3 Å². The number of carbonyl (C=O) groups excluding carboxylic acids is 2. The average molecular weight is 292 g/mol. The van der Waals surface area contributed by atoms with Crippen LogP contribution < -0.4 is 4.74 Å². The second-order valence-corrected chi connectivity index (χ2v) is 3.73. The van der Waals surface area contributed by atoms with Gasteiger partial charge in [0.2, 0.25) is 0 Å². The lowest BCUT2D eigenvalue weighted by molar-refractivity contribution is 0.0577. The number of carbonyl (C=O) groups is 2. The third-order valence-electron chi connectivity index (χ3n) is 2.12. The number of ether oxygens (including phenoxy) is 4. The zero-order chi connectivity index (χ0) is 15.5. The molecule has 0 fully saturated rings. The molecule has 1 aromatic carbocycles. The predicted molar refractivity (Wildman–Crippen MR) is 74.9 cm³/mol. The molecule has 6 heteroatoms. The Morgan fingerprint density at radius 3 is 2.05 bits per heavy atom. The lowest BCUT2D eigenvalue weighted by Gasteiger charge is -2.06. The maximum Gasteiger partial charge on any atom is 0.514 e. The van der Waals surface area contributed by atoms with Crippen LogP contribution in [-0.4, -0.2) is 25.5 Å². The minimum absolute atomic E-state index is 0.0527. The van der Waals surface area contributed by atoms with Gasteiger partial charge in [0, 0.05) is 0 Å². The van der Waals surface area contributed by atoms with Crippen LogP contribution in [-0.2, 0) is 20.8 Å². The summed E-state index contributed by atoms with van der Waals surface area (Å²) in [5.41, 5.74) is 0.720. The molecule has 0 amide bonds. The van der Waals surface area contributed by atoms with Crippen LogP contribution in [0.25, 0.3) is 0 Å². The second kappa shape index (κ2) is 9.19. The lowest BCUT2D eigenvalue weighted by atomic mass is 10.2. The Labute approximate surface area is 122 Å². The van der Waals surface area contributed by atoms with Crippen LogP contribution in [0.4, 0.5) is 9.59 Å². The molecule has 1 aromatic rings. The maximum absolute atomic E-state index is 11.2. The molecule has 0 aliphatic heterocycles. The van der Waals surface area contributed by atoms with E-state index in [-0.39, 0.29) is 19.8 Å². The monoisotopic (exact) mass is 292 g/mol. The van der Waals surface area contributed by atoms with E-state index in [1.54, 1.807) is 24.3 Å². The SMILES string of the molecule is C=CCOC(=O)OCc1ccc(OC(=O)OCC=C)cc1. The van der Waals surface area contributed by atoms with E-state index in [1.807, 2.05) is 0 Å². The molecule has 1 rings (SSSR count). The number of rotatable bonds is 7. The van der Waals surface area contributed by atoms with Gasteiger partial charge in [-0.3, -0.25) is 0 Å². The van der Waals surface area contributed by atoms with Crippen molar-refractivity contribution in [1.82, 2.24) is 0 Å². The highest BCUT2D eigenvalue weighted by molar-refractivity contribution is 5.64. The summed E-state index contributed by atoms with van der Waals surface area (Å²) in [4.78, 5) is 22.3. The fraction of sp³-hybridized carbons (Fsp3) is 0.200. The molecule has 6 nitrogen and oxygen atoms in total. The first-order chi connectivity index (χ1) is 10.2. The fourth-order valence-corrected chi connectivity index (χ4v) is 1.22. The largest absolute Gasteiger partial charge is 0.514 e. The molecule has 0 heterocycles. The van der Waals surface area contributed by atoms with Gasteiger partial charge in [0.25, 0.3) is 0 Å². The molecule has 0 aliphatic rings. The highest BCUT2D eigenvalue weighted by atomic mass is 16.7. The molecule has 0 saturated carbocycles. The summed E-state index contributed by atoms with van der Waals surface area (Å²) in [5, 5.41) is 0. The molecule has 0 unspecified atom stereocenters. The molecular weight excluding hydrogens is 276 g/mol. The van der Waals surface area contributed by atoms with Crippen LogP contribution >= 0.6 is 0 Å². The third-order valence-corrected chi connectivity index (χ3v) is 2.12. The maximum atomic E-state index is 11.2. The summed E-state index contributed by atoms with van der Waals surface area (Å²) in [5.74, 6) is 0.321. The number of hydrogen-bond donors (Lipinski definition) is 0. The van der Waals surface area contributed by atoms with Crippen LogP contribution in [0, 0.1) is 0 Å². The van der Waals surface area contributed by atoms with E-state index < -0.39 is 12.3 Å². The van der Waals surface area contributed by atoms with Crippen molar-refractivity contribution in [1.29, 1.82) is 0 Å². The fourth-order valence-electron chi connectivity index (χ4n) is 1.22. The summed E-state index contributed by atoms with van der Waals surface area (Å²) >= 11 is 0. The van der Waals surface area contributed by atoms with Gasteiger partial charge in [0.1, 0.15) is 25.6 Å². The van der Waals surface area contributed by atoms with E-state index in [9.17, 15) is 9.59 Å². The molecule has 0 aliphatic carbocycles. The Balaban J connectivity index is 2.39. The van der Waals surface area contributed by atoms with Crippen LogP contribution in [0.3, 0.4) is 0 Å². The van der Waals surface area contributed by atoms with Crippen molar-refractivity contribution in [2.45, 2.75) is 6.61 Å². The van der Waals surface area contributed by atoms with E-state index in [0.29, 0.717) is 5.75 Å². The van der Waals surface area contributed by atoms with E-state index in [1.165, 1.54) is 12.2 Å². The molecule has 21 heavy (non-hydrogen) atoms. The van der Waals surface area contributed by atoms with Gasteiger partial charge in [0.15, 0.2) is 0 Å². The Kier molecular flexibility index (Phi) is 7.13. The first-order valence-corrected chi connectivity index (χ1v) is 6.10. The standard InChI is InChI=1S/C15H16O6/c1-3-9-18-14(16)20-11-12-5-7-13(8-6-12)21-15(17)19-10-4-2/h3-8H,1-2,9-11H2. The normalized spacial score (nSPS) is 9.33. The predicted octanol–water partition coefficient (Wildman–Crippen LogP) is 3.23. The van der Waals surface area contributed by atoms with Gasteiger partial charge in [-0.2, -0.15) is 0 Å². The van der Waals surface area contributed by atoms with Crippen molar-refractivity contribution < 1.29 is 28.5 Å². The van der Waals surface area contributed by atoms with Crippen molar-refractivity contribution in [2.24, 2.45) is 0 Å². The van der Waals surface area contributed by atoms with Crippen LogP contribution in [0.1, 0.15) is 5.56 Å². The minimum atomic E-state index is -0.813. The minimum Gasteiger partial charge on any atom is -0.430 e. The van der Waals surface area contributed by atoms with Gasteiger partial charge in [-0.05, 0) is 17.7 Å². The first-order valence-electron chi connectivity index (χ1n) is 6.10. The van der Waals surface area contributed by atoms with Gasteiger partial charge in [-0.15, -0.1) is 0 Å². The topological polar surface area (TPSA) is 71.1 Å². The summed E-state index contributed by atoms with van der Waals surface area (Å²) < 4.78 is 19.1. The van der Waals surface area contributed by atoms with Crippen LogP contribution in [0.15, 0.2) is 49.6 Å². The van der Waals surface area contributed by atoms with Crippen molar-refractivity contribution in [2.75, 3.05) is 13.2 Å². The van der Waals surface area contributed by atoms with E-state index >= 15 is 0 Å². The number of benzene rings is 1. The van der Waals surface area contributed by atoms with Gasteiger partial charge < -0.3 is 18.9 Å². The molecule has 0 saturated heterocycles. The Morgan fingerprint density at radius 2 is 1.48 bits per heavy atom. The molecule has 0 radical (unpaired) electrons. The quantitative estimate of drug-likeness (QED) is 0.436. The average Bonchev–Trinajstić information content (AvgIpc) is 2.50. The van der Waals surface area contributed by atoms with Crippen molar-refractivity contribution in [3.05, 3.63) is 55.1 Å². The zero-order valence-corrected chi connectivity index (χ0v) is 11.4. The smallest absolute Gasteiger partial charge is 0.430 e. The first kappa shape index (κ1) is 16.3. The summed E-state index contributed by atoms with van der Waals surface area (Å²) in [7, 11) is 0. The van der Waals surface area contributed by atoms with Crippen LogP contribution in [0.5, 0.6) is 5.75 Å². The molecular formula is C15H16O6. The Morgan fingerprint density at radius 1 is 0.905 bits per heavy atom.